The lowest BCUT2D eigenvalue weighted by Gasteiger charge is -2.14. The third-order valence-corrected chi connectivity index (χ3v) is 4.15. The molecule has 2 rings (SSSR count). The van der Waals surface area contributed by atoms with Gasteiger partial charge in [-0.15, -0.1) is 11.3 Å². The first-order valence-corrected chi connectivity index (χ1v) is 7.40. The van der Waals surface area contributed by atoms with Crippen molar-refractivity contribution in [1.29, 1.82) is 0 Å². The average Bonchev–Trinajstić information content (AvgIpc) is 3.05. The van der Waals surface area contributed by atoms with Crippen molar-refractivity contribution in [1.82, 2.24) is 10.2 Å². The number of primary amides is 1. The molecule has 104 valence electrons. The van der Waals surface area contributed by atoms with E-state index < -0.39 is 5.91 Å². The number of amides is 2. The maximum Gasteiger partial charge on any atom is 0.249 e. The Morgan fingerprint density at radius 3 is 2.74 bits per heavy atom. The Balaban J connectivity index is 1.65. The van der Waals surface area contributed by atoms with Gasteiger partial charge in [-0.05, 0) is 18.9 Å². The summed E-state index contributed by atoms with van der Waals surface area (Å²) in [4.78, 5) is 25.7. The van der Waals surface area contributed by atoms with Crippen molar-refractivity contribution in [3.63, 3.8) is 0 Å². The van der Waals surface area contributed by atoms with Gasteiger partial charge in [0.2, 0.25) is 11.8 Å². The molecule has 1 fully saturated rings. The van der Waals surface area contributed by atoms with E-state index in [1.54, 1.807) is 11.4 Å². The second-order valence-electron chi connectivity index (χ2n) is 4.68. The molecular weight excluding hydrogens is 262 g/mol. The van der Waals surface area contributed by atoms with Crippen molar-refractivity contribution in [3.05, 3.63) is 21.9 Å². The number of carbonyl (C=O) groups excluding carboxylic acids is 2. The van der Waals surface area contributed by atoms with Gasteiger partial charge in [-0.25, -0.2) is 0 Å². The Bertz CT molecular complexity index is 452. The highest BCUT2D eigenvalue weighted by atomic mass is 32.1. The topological polar surface area (TPSA) is 75.4 Å². The zero-order chi connectivity index (χ0) is 13.7. The van der Waals surface area contributed by atoms with E-state index in [4.69, 9.17) is 5.73 Å². The van der Waals surface area contributed by atoms with E-state index in [-0.39, 0.29) is 5.91 Å². The summed E-state index contributed by atoms with van der Waals surface area (Å²) < 4.78 is 0. The zero-order valence-electron chi connectivity index (χ0n) is 10.9. The van der Waals surface area contributed by atoms with Gasteiger partial charge >= 0.3 is 0 Å². The number of hydrogen-bond acceptors (Lipinski definition) is 4. The largest absolute Gasteiger partial charge is 0.366 e. The fraction of sp³-hybridized carbons (Fsp3) is 0.538. The van der Waals surface area contributed by atoms with Gasteiger partial charge in [0, 0.05) is 42.9 Å². The van der Waals surface area contributed by atoms with Crippen LogP contribution in [-0.4, -0.2) is 36.3 Å². The molecule has 0 spiro atoms. The zero-order valence-corrected chi connectivity index (χ0v) is 11.7. The molecular formula is C13H19N3O2S. The Morgan fingerprint density at radius 2 is 2.11 bits per heavy atom. The van der Waals surface area contributed by atoms with Crippen LogP contribution < -0.4 is 11.1 Å². The quantitative estimate of drug-likeness (QED) is 0.762. The summed E-state index contributed by atoms with van der Waals surface area (Å²) in [6, 6.07) is 1.79. The van der Waals surface area contributed by atoms with Crippen molar-refractivity contribution < 1.29 is 9.59 Å². The summed E-state index contributed by atoms with van der Waals surface area (Å²) in [6.07, 6.45) is 2.79. The number of likely N-dealkylation sites (tertiary alicyclic amines) is 1. The Labute approximate surface area is 116 Å². The standard InChI is InChI=1S/C13H19N3O2S/c14-13(18)10-7-11(19-9-10)8-15-4-3-12(17)16-5-1-2-6-16/h7,9,15H,1-6,8H2,(H2,14,18). The molecule has 2 heterocycles. The number of carbonyl (C=O) groups is 2. The molecule has 0 radical (unpaired) electrons. The highest BCUT2D eigenvalue weighted by molar-refractivity contribution is 7.10. The summed E-state index contributed by atoms with van der Waals surface area (Å²) in [5.41, 5.74) is 5.74. The monoisotopic (exact) mass is 281 g/mol. The van der Waals surface area contributed by atoms with Gasteiger partial charge in [-0.1, -0.05) is 0 Å². The van der Waals surface area contributed by atoms with Crippen LogP contribution in [0.2, 0.25) is 0 Å². The Hall–Kier alpha value is -1.40. The fourth-order valence-corrected chi connectivity index (χ4v) is 2.98. The summed E-state index contributed by atoms with van der Waals surface area (Å²) in [5, 5.41) is 4.98. The van der Waals surface area contributed by atoms with Crippen molar-refractivity contribution in [2.45, 2.75) is 25.8 Å². The maximum atomic E-state index is 11.8. The molecule has 6 heteroatoms. The first-order valence-electron chi connectivity index (χ1n) is 6.52. The van der Waals surface area contributed by atoms with Crippen LogP contribution in [0.1, 0.15) is 34.5 Å². The predicted octanol–water partition coefficient (Wildman–Crippen LogP) is 0.949. The SMILES string of the molecule is NC(=O)c1csc(CNCCC(=O)N2CCCC2)c1. The molecule has 1 saturated heterocycles. The smallest absolute Gasteiger partial charge is 0.249 e. The van der Waals surface area contributed by atoms with Gasteiger partial charge in [0.05, 0.1) is 5.56 Å². The first kappa shape index (κ1) is 14.0. The molecule has 0 aliphatic carbocycles. The number of rotatable bonds is 6. The van der Waals surface area contributed by atoms with Gasteiger partial charge in [0.15, 0.2) is 0 Å². The molecule has 0 unspecified atom stereocenters. The molecule has 0 aromatic carbocycles. The van der Waals surface area contributed by atoms with Gasteiger partial charge < -0.3 is 16.0 Å². The highest BCUT2D eigenvalue weighted by Gasteiger charge is 2.16. The van der Waals surface area contributed by atoms with E-state index in [0.717, 1.165) is 30.8 Å². The molecule has 3 N–H and O–H groups in total. The maximum absolute atomic E-state index is 11.8. The van der Waals surface area contributed by atoms with Crippen LogP contribution in [0.5, 0.6) is 0 Å². The van der Waals surface area contributed by atoms with E-state index in [2.05, 4.69) is 5.32 Å². The van der Waals surface area contributed by atoms with Crippen LogP contribution in [0.4, 0.5) is 0 Å². The van der Waals surface area contributed by atoms with E-state index in [9.17, 15) is 9.59 Å². The molecule has 19 heavy (non-hydrogen) atoms. The minimum atomic E-state index is -0.397. The van der Waals surface area contributed by atoms with Gasteiger partial charge in [0.25, 0.3) is 0 Å². The van der Waals surface area contributed by atoms with Crippen LogP contribution in [0.3, 0.4) is 0 Å². The van der Waals surface area contributed by atoms with E-state index in [1.807, 2.05) is 4.90 Å². The molecule has 0 bridgehead atoms. The Kier molecular flexibility index (Phi) is 4.93. The van der Waals surface area contributed by atoms with Gasteiger partial charge in [-0.2, -0.15) is 0 Å². The van der Waals surface area contributed by atoms with Gasteiger partial charge in [-0.3, -0.25) is 9.59 Å². The van der Waals surface area contributed by atoms with Crippen LogP contribution in [0.25, 0.3) is 0 Å². The number of nitrogens with one attached hydrogen (secondary N) is 1. The number of nitrogens with two attached hydrogens (primary N) is 1. The second-order valence-corrected chi connectivity index (χ2v) is 5.68. The predicted molar refractivity (Wildman–Crippen MR) is 75.0 cm³/mol. The average molecular weight is 281 g/mol. The van der Waals surface area contributed by atoms with Crippen molar-refractivity contribution in [2.24, 2.45) is 5.73 Å². The van der Waals surface area contributed by atoms with Crippen LogP contribution in [-0.2, 0) is 11.3 Å². The molecule has 1 aromatic heterocycles. The minimum Gasteiger partial charge on any atom is -0.366 e. The molecule has 5 nitrogen and oxygen atoms in total. The summed E-state index contributed by atoms with van der Waals surface area (Å²) in [6.45, 7) is 3.15. The lowest BCUT2D eigenvalue weighted by Crippen LogP contribution is -2.30. The third-order valence-electron chi connectivity index (χ3n) is 3.21. The van der Waals surface area contributed by atoms with Gasteiger partial charge in [0.1, 0.15) is 0 Å². The minimum absolute atomic E-state index is 0.231. The molecule has 2 amide bonds. The first-order chi connectivity index (χ1) is 9.16. The Morgan fingerprint density at radius 1 is 1.37 bits per heavy atom. The summed E-state index contributed by atoms with van der Waals surface area (Å²) in [7, 11) is 0. The van der Waals surface area contributed by atoms with Crippen molar-refractivity contribution >= 4 is 23.2 Å². The lowest BCUT2D eigenvalue weighted by atomic mass is 10.3. The number of nitrogens with zero attached hydrogens (tertiary/aromatic N) is 1. The normalized spacial score (nSPS) is 14.8. The molecule has 1 aliphatic rings. The number of thiophene rings is 1. The highest BCUT2D eigenvalue weighted by Crippen LogP contribution is 2.14. The molecule has 1 aliphatic heterocycles. The fourth-order valence-electron chi connectivity index (χ4n) is 2.13. The van der Waals surface area contributed by atoms with Crippen LogP contribution in [0, 0.1) is 0 Å². The van der Waals surface area contributed by atoms with E-state index >= 15 is 0 Å². The van der Waals surface area contributed by atoms with Crippen molar-refractivity contribution in [3.8, 4) is 0 Å². The summed E-state index contributed by atoms with van der Waals surface area (Å²) in [5.74, 6) is -0.166. The van der Waals surface area contributed by atoms with Crippen LogP contribution >= 0.6 is 11.3 Å². The lowest BCUT2D eigenvalue weighted by molar-refractivity contribution is -0.130. The van der Waals surface area contributed by atoms with E-state index in [0.29, 0.717) is 25.1 Å². The molecule has 0 saturated carbocycles. The van der Waals surface area contributed by atoms with Crippen molar-refractivity contribution in [2.75, 3.05) is 19.6 Å². The second kappa shape index (κ2) is 6.68. The summed E-state index contributed by atoms with van der Waals surface area (Å²) >= 11 is 1.50. The molecule has 0 atom stereocenters. The number of hydrogen-bond donors (Lipinski definition) is 2. The molecule has 1 aromatic rings. The van der Waals surface area contributed by atoms with Crippen LogP contribution in [0.15, 0.2) is 11.4 Å². The van der Waals surface area contributed by atoms with E-state index in [1.165, 1.54) is 11.3 Å². The third kappa shape index (κ3) is 4.04.